The van der Waals surface area contributed by atoms with Gasteiger partial charge in [0.05, 0.1) is 0 Å². The van der Waals surface area contributed by atoms with Crippen molar-refractivity contribution in [2.24, 2.45) is 0 Å². The van der Waals surface area contributed by atoms with E-state index in [1.54, 1.807) is 5.56 Å². The summed E-state index contributed by atoms with van der Waals surface area (Å²) in [5.74, 6) is 0.722. The number of hydrogen-bond donors (Lipinski definition) is 1. The van der Waals surface area contributed by atoms with E-state index in [4.69, 9.17) is 0 Å². The van der Waals surface area contributed by atoms with Gasteiger partial charge < -0.3 is 5.32 Å². The summed E-state index contributed by atoms with van der Waals surface area (Å²) >= 11 is 0. The lowest BCUT2D eigenvalue weighted by molar-refractivity contribution is 0.327. The summed E-state index contributed by atoms with van der Waals surface area (Å²) in [6, 6.07) is 5.51. The fourth-order valence-corrected chi connectivity index (χ4v) is 3.46. The van der Waals surface area contributed by atoms with Crippen molar-refractivity contribution >= 4 is 0 Å². The molecule has 0 aliphatic heterocycles. The predicted molar refractivity (Wildman–Crippen MR) is 83.9 cm³/mol. The Morgan fingerprint density at radius 2 is 1.68 bits per heavy atom. The van der Waals surface area contributed by atoms with Crippen LogP contribution < -0.4 is 5.32 Å². The average Bonchev–Trinajstić information content (AvgIpc) is 2.41. The SMILES string of the molecule is CCCNC1CCCCC1c1cc(C)c(C)cc1C. The lowest BCUT2D eigenvalue weighted by Crippen LogP contribution is -2.37. The number of nitrogens with one attached hydrogen (secondary N) is 1. The van der Waals surface area contributed by atoms with Gasteiger partial charge in [0.25, 0.3) is 0 Å². The van der Waals surface area contributed by atoms with E-state index in [9.17, 15) is 0 Å². The molecule has 2 unspecified atom stereocenters. The van der Waals surface area contributed by atoms with E-state index >= 15 is 0 Å². The van der Waals surface area contributed by atoms with Gasteiger partial charge in [-0.05, 0) is 74.8 Å². The van der Waals surface area contributed by atoms with Crippen LogP contribution in [0.1, 0.15) is 67.2 Å². The summed E-state index contributed by atoms with van der Waals surface area (Å²) in [4.78, 5) is 0. The van der Waals surface area contributed by atoms with E-state index in [0.29, 0.717) is 6.04 Å². The highest BCUT2D eigenvalue weighted by Crippen LogP contribution is 2.35. The summed E-state index contributed by atoms with van der Waals surface area (Å²) in [6.07, 6.45) is 6.71. The fourth-order valence-electron chi connectivity index (χ4n) is 3.46. The third-order valence-corrected chi connectivity index (χ3v) is 4.70. The minimum Gasteiger partial charge on any atom is -0.313 e. The van der Waals surface area contributed by atoms with Crippen molar-refractivity contribution in [1.82, 2.24) is 5.32 Å². The maximum atomic E-state index is 3.78. The molecule has 0 amide bonds. The van der Waals surface area contributed by atoms with Gasteiger partial charge in [0.2, 0.25) is 0 Å². The highest BCUT2D eigenvalue weighted by atomic mass is 14.9. The largest absolute Gasteiger partial charge is 0.313 e. The molecule has 106 valence electrons. The van der Waals surface area contributed by atoms with E-state index in [-0.39, 0.29) is 0 Å². The van der Waals surface area contributed by atoms with Crippen molar-refractivity contribution in [2.75, 3.05) is 6.54 Å². The first-order valence-electron chi connectivity index (χ1n) is 7.94. The second-order valence-electron chi connectivity index (χ2n) is 6.24. The van der Waals surface area contributed by atoms with E-state index < -0.39 is 0 Å². The second-order valence-corrected chi connectivity index (χ2v) is 6.24. The van der Waals surface area contributed by atoms with E-state index in [2.05, 4.69) is 45.1 Å². The van der Waals surface area contributed by atoms with Crippen LogP contribution in [0, 0.1) is 20.8 Å². The maximum absolute atomic E-state index is 3.78. The van der Waals surface area contributed by atoms with Gasteiger partial charge in [-0.2, -0.15) is 0 Å². The first-order valence-corrected chi connectivity index (χ1v) is 7.94. The van der Waals surface area contributed by atoms with Crippen LogP contribution >= 0.6 is 0 Å². The Hall–Kier alpha value is -0.820. The first-order chi connectivity index (χ1) is 9.13. The number of benzene rings is 1. The minimum atomic E-state index is 0.689. The molecule has 0 heterocycles. The molecule has 1 aliphatic carbocycles. The van der Waals surface area contributed by atoms with Crippen LogP contribution in [0.4, 0.5) is 0 Å². The quantitative estimate of drug-likeness (QED) is 0.830. The molecule has 1 N–H and O–H groups in total. The topological polar surface area (TPSA) is 12.0 Å². The fraction of sp³-hybridized carbons (Fsp3) is 0.667. The van der Waals surface area contributed by atoms with Crippen LogP contribution in [0.15, 0.2) is 12.1 Å². The van der Waals surface area contributed by atoms with Crippen LogP contribution in [0.5, 0.6) is 0 Å². The summed E-state index contributed by atoms with van der Waals surface area (Å²) in [7, 11) is 0. The third kappa shape index (κ3) is 3.39. The lowest BCUT2D eigenvalue weighted by atomic mass is 9.77. The monoisotopic (exact) mass is 259 g/mol. The van der Waals surface area contributed by atoms with Crippen LogP contribution in [0.3, 0.4) is 0 Å². The summed E-state index contributed by atoms with van der Waals surface area (Å²) in [5.41, 5.74) is 5.95. The van der Waals surface area contributed by atoms with Crippen molar-refractivity contribution in [3.63, 3.8) is 0 Å². The Bertz CT molecular complexity index is 422. The van der Waals surface area contributed by atoms with E-state index in [0.717, 1.165) is 12.5 Å². The first kappa shape index (κ1) is 14.6. The van der Waals surface area contributed by atoms with Crippen LogP contribution in [-0.2, 0) is 0 Å². The van der Waals surface area contributed by atoms with Crippen molar-refractivity contribution in [3.05, 3.63) is 34.4 Å². The van der Waals surface area contributed by atoms with Crippen LogP contribution in [0.2, 0.25) is 0 Å². The smallest absolute Gasteiger partial charge is 0.0136 e. The molecule has 0 spiro atoms. The Kier molecular flexibility index (Phi) is 5.04. The molecular formula is C18H29N. The van der Waals surface area contributed by atoms with Gasteiger partial charge in [-0.3, -0.25) is 0 Å². The zero-order chi connectivity index (χ0) is 13.8. The zero-order valence-electron chi connectivity index (χ0n) is 13.1. The molecule has 1 heteroatoms. The van der Waals surface area contributed by atoms with Gasteiger partial charge in [0.15, 0.2) is 0 Å². The van der Waals surface area contributed by atoms with Crippen molar-refractivity contribution < 1.29 is 0 Å². The standard InChI is InChI=1S/C18H29N/c1-5-10-19-18-9-7-6-8-16(18)17-12-14(3)13(2)11-15(17)4/h11-12,16,18-19H,5-10H2,1-4H3. The van der Waals surface area contributed by atoms with Crippen molar-refractivity contribution in [2.45, 2.75) is 71.8 Å². The van der Waals surface area contributed by atoms with Gasteiger partial charge in [-0.25, -0.2) is 0 Å². The number of rotatable bonds is 4. The van der Waals surface area contributed by atoms with Crippen LogP contribution in [0.25, 0.3) is 0 Å². The molecule has 2 atom stereocenters. The molecule has 0 bridgehead atoms. The Labute approximate surface area is 118 Å². The van der Waals surface area contributed by atoms with Crippen molar-refractivity contribution in [1.29, 1.82) is 0 Å². The second kappa shape index (κ2) is 6.56. The molecule has 1 fully saturated rings. The molecular weight excluding hydrogens is 230 g/mol. The average molecular weight is 259 g/mol. The molecule has 1 aromatic rings. The molecule has 19 heavy (non-hydrogen) atoms. The predicted octanol–water partition coefficient (Wildman–Crippen LogP) is 4.64. The van der Waals surface area contributed by atoms with Crippen LogP contribution in [-0.4, -0.2) is 12.6 Å². The highest BCUT2D eigenvalue weighted by molar-refractivity contribution is 5.39. The number of hydrogen-bond acceptors (Lipinski definition) is 1. The Balaban J connectivity index is 2.24. The number of aryl methyl sites for hydroxylation is 3. The zero-order valence-corrected chi connectivity index (χ0v) is 13.1. The molecule has 1 aliphatic rings. The Morgan fingerprint density at radius 1 is 1.00 bits per heavy atom. The molecule has 1 nitrogen and oxygen atoms in total. The molecule has 0 saturated heterocycles. The normalized spacial score (nSPS) is 23.6. The highest BCUT2D eigenvalue weighted by Gasteiger charge is 2.27. The van der Waals surface area contributed by atoms with E-state index in [1.165, 1.54) is 48.8 Å². The molecule has 0 aromatic heterocycles. The van der Waals surface area contributed by atoms with Gasteiger partial charge in [-0.15, -0.1) is 0 Å². The molecule has 1 aromatic carbocycles. The van der Waals surface area contributed by atoms with E-state index in [1.807, 2.05) is 0 Å². The summed E-state index contributed by atoms with van der Waals surface area (Å²) < 4.78 is 0. The third-order valence-electron chi connectivity index (χ3n) is 4.70. The minimum absolute atomic E-state index is 0.689. The van der Waals surface area contributed by atoms with Gasteiger partial charge in [0, 0.05) is 6.04 Å². The maximum Gasteiger partial charge on any atom is 0.0136 e. The van der Waals surface area contributed by atoms with Gasteiger partial charge in [0.1, 0.15) is 0 Å². The molecule has 2 rings (SSSR count). The summed E-state index contributed by atoms with van der Waals surface area (Å²) in [6.45, 7) is 10.2. The molecule has 1 saturated carbocycles. The molecule has 0 radical (unpaired) electrons. The van der Waals surface area contributed by atoms with Gasteiger partial charge in [-0.1, -0.05) is 31.9 Å². The van der Waals surface area contributed by atoms with Gasteiger partial charge >= 0.3 is 0 Å². The van der Waals surface area contributed by atoms with Crippen molar-refractivity contribution in [3.8, 4) is 0 Å². The summed E-state index contributed by atoms with van der Waals surface area (Å²) in [5, 5.41) is 3.78. The Morgan fingerprint density at radius 3 is 2.42 bits per heavy atom. The lowest BCUT2D eigenvalue weighted by Gasteiger charge is -2.34.